The molecule has 0 spiro atoms. The topological polar surface area (TPSA) is 67.8 Å². The van der Waals surface area contributed by atoms with Gasteiger partial charge in [0.15, 0.2) is 11.5 Å². The van der Waals surface area contributed by atoms with Crippen LogP contribution in [0.25, 0.3) is 10.9 Å². The van der Waals surface area contributed by atoms with Crippen LogP contribution in [0.15, 0.2) is 18.5 Å². The number of carbonyl (C=O) groups excluding carboxylic acids is 1. The number of carbonyl (C=O) groups is 1. The zero-order chi connectivity index (χ0) is 19.5. The van der Waals surface area contributed by atoms with Gasteiger partial charge in [-0.2, -0.15) is 0 Å². The Morgan fingerprint density at radius 2 is 1.75 bits per heavy atom. The average Bonchev–Trinajstić information content (AvgIpc) is 2.77. The van der Waals surface area contributed by atoms with E-state index in [0.717, 1.165) is 62.0 Å². The molecular formula is C21H28N4O3. The predicted octanol–water partition coefficient (Wildman–Crippen LogP) is 2.88. The number of aromatic nitrogens is 2. The van der Waals surface area contributed by atoms with E-state index in [4.69, 9.17) is 9.47 Å². The summed E-state index contributed by atoms with van der Waals surface area (Å²) in [6, 6.07) is 3.80. The van der Waals surface area contributed by atoms with E-state index in [9.17, 15) is 4.79 Å². The van der Waals surface area contributed by atoms with Crippen LogP contribution in [0.4, 0.5) is 5.82 Å². The van der Waals surface area contributed by atoms with Gasteiger partial charge in [-0.3, -0.25) is 4.79 Å². The molecule has 2 aliphatic heterocycles. The smallest absolute Gasteiger partial charge is 0.227 e. The van der Waals surface area contributed by atoms with E-state index in [0.29, 0.717) is 24.0 Å². The van der Waals surface area contributed by atoms with Crippen molar-refractivity contribution < 1.29 is 14.3 Å². The molecule has 3 heterocycles. The van der Waals surface area contributed by atoms with E-state index in [-0.39, 0.29) is 5.92 Å². The third-order valence-electron chi connectivity index (χ3n) is 5.86. The molecule has 2 aromatic rings. The van der Waals surface area contributed by atoms with Crippen molar-refractivity contribution in [1.82, 2.24) is 14.9 Å². The van der Waals surface area contributed by atoms with Crippen LogP contribution in [-0.4, -0.2) is 61.2 Å². The number of ether oxygens (including phenoxy) is 2. The van der Waals surface area contributed by atoms with Gasteiger partial charge in [-0.25, -0.2) is 9.97 Å². The molecule has 0 aliphatic carbocycles. The van der Waals surface area contributed by atoms with Crippen molar-refractivity contribution in [3.8, 4) is 11.5 Å². The molecule has 1 aromatic carbocycles. The lowest BCUT2D eigenvalue weighted by atomic mass is 9.95. The Morgan fingerprint density at radius 1 is 1.00 bits per heavy atom. The number of hydrogen-bond acceptors (Lipinski definition) is 6. The molecular weight excluding hydrogens is 356 g/mol. The first-order valence-corrected chi connectivity index (χ1v) is 10.1. The number of benzene rings is 1. The lowest BCUT2D eigenvalue weighted by molar-refractivity contribution is -0.136. The van der Waals surface area contributed by atoms with Crippen molar-refractivity contribution in [2.75, 3.05) is 45.3 Å². The summed E-state index contributed by atoms with van der Waals surface area (Å²) in [6.45, 7) is 3.41. The fourth-order valence-electron chi connectivity index (χ4n) is 4.37. The molecule has 7 nitrogen and oxygen atoms in total. The van der Waals surface area contributed by atoms with Gasteiger partial charge >= 0.3 is 0 Å². The van der Waals surface area contributed by atoms with Crippen LogP contribution in [0.3, 0.4) is 0 Å². The number of amides is 1. The van der Waals surface area contributed by atoms with E-state index in [1.54, 1.807) is 20.5 Å². The van der Waals surface area contributed by atoms with Crippen molar-refractivity contribution in [1.29, 1.82) is 0 Å². The summed E-state index contributed by atoms with van der Waals surface area (Å²) in [5, 5.41) is 0.922. The first-order valence-electron chi connectivity index (χ1n) is 10.1. The van der Waals surface area contributed by atoms with E-state index < -0.39 is 0 Å². The minimum absolute atomic E-state index is 0.0389. The number of hydrogen-bond donors (Lipinski definition) is 0. The van der Waals surface area contributed by atoms with Crippen molar-refractivity contribution >= 4 is 22.6 Å². The van der Waals surface area contributed by atoms with Crippen LogP contribution >= 0.6 is 0 Å². The Bertz CT molecular complexity index is 851. The number of piperidine rings is 2. The molecule has 7 heteroatoms. The van der Waals surface area contributed by atoms with E-state index in [2.05, 4.69) is 19.8 Å². The first-order chi connectivity index (χ1) is 13.7. The Balaban J connectivity index is 1.61. The summed E-state index contributed by atoms with van der Waals surface area (Å²) >= 11 is 0. The van der Waals surface area contributed by atoms with Crippen molar-refractivity contribution in [3.05, 3.63) is 18.5 Å². The number of nitrogens with zero attached hydrogens (tertiary/aromatic N) is 4. The largest absolute Gasteiger partial charge is 0.493 e. The zero-order valence-electron chi connectivity index (χ0n) is 16.7. The van der Waals surface area contributed by atoms with E-state index >= 15 is 0 Å². The molecule has 0 saturated carbocycles. The van der Waals surface area contributed by atoms with E-state index in [1.165, 1.54) is 6.42 Å². The summed E-state index contributed by atoms with van der Waals surface area (Å²) in [7, 11) is 3.24. The maximum atomic E-state index is 13.0. The molecule has 28 heavy (non-hydrogen) atoms. The SMILES string of the molecule is COc1cc2ncnc(N3CCCC(C(=O)N4CCCCC4)C3)c2cc1OC. The minimum atomic E-state index is 0.0389. The zero-order valence-corrected chi connectivity index (χ0v) is 16.7. The highest BCUT2D eigenvalue weighted by molar-refractivity contribution is 5.92. The highest BCUT2D eigenvalue weighted by Crippen LogP contribution is 2.36. The van der Waals surface area contributed by atoms with Crippen LogP contribution in [0.5, 0.6) is 11.5 Å². The van der Waals surface area contributed by atoms with Gasteiger partial charge in [0, 0.05) is 37.6 Å². The van der Waals surface area contributed by atoms with Crippen LogP contribution in [0.2, 0.25) is 0 Å². The van der Waals surface area contributed by atoms with Crippen LogP contribution in [0.1, 0.15) is 32.1 Å². The monoisotopic (exact) mass is 384 g/mol. The highest BCUT2D eigenvalue weighted by Gasteiger charge is 2.31. The summed E-state index contributed by atoms with van der Waals surface area (Å²) in [5.74, 6) is 2.52. The summed E-state index contributed by atoms with van der Waals surface area (Å²) in [5.41, 5.74) is 0.812. The third-order valence-corrected chi connectivity index (χ3v) is 5.86. The Kier molecular flexibility index (Phi) is 5.50. The van der Waals surface area contributed by atoms with Gasteiger partial charge in [-0.1, -0.05) is 0 Å². The van der Waals surface area contributed by atoms with Gasteiger partial charge < -0.3 is 19.3 Å². The van der Waals surface area contributed by atoms with Gasteiger partial charge in [0.05, 0.1) is 25.7 Å². The van der Waals surface area contributed by atoms with Crippen molar-refractivity contribution in [2.24, 2.45) is 5.92 Å². The molecule has 0 N–H and O–H groups in total. The maximum absolute atomic E-state index is 13.0. The molecule has 0 radical (unpaired) electrons. The summed E-state index contributed by atoms with van der Waals surface area (Å²) in [6.07, 6.45) is 7.01. The Hall–Kier alpha value is -2.57. The normalized spacial score (nSPS) is 20.3. The van der Waals surface area contributed by atoms with E-state index in [1.807, 2.05) is 12.1 Å². The number of methoxy groups -OCH3 is 2. The first kappa shape index (κ1) is 18.8. The second kappa shape index (κ2) is 8.20. The molecule has 4 rings (SSSR count). The third kappa shape index (κ3) is 3.57. The lowest BCUT2D eigenvalue weighted by Crippen LogP contribution is -2.46. The van der Waals surface area contributed by atoms with Gasteiger partial charge in [-0.05, 0) is 38.2 Å². The van der Waals surface area contributed by atoms with Gasteiger partial charge in [0.25, 0.3) is 0 Å². The van der Waals surface area contributed by atoms with Crippen LogP contribution in [-0.2, 0) is 4.79 Å². The van der Waals surface area contributed by atoms with Gasteiger partial charge in [0.1, 0.15) is 12.1 Å². The molecule has 150 valence electrons. The number of fused-ring (bicyclic) bond motifs is 1. The standard InChI is InChI=1S/C21H28N4O3/c1-27-18-11-16-17(12-19(18)28-2)22-14-23-20(16)25-10-6-7-15(13-25)21(26)24-8-4-3-5-9-24/h11-12,14-15H,3-10,13H2,1-2H3. The molecule has 2 fully saturated rings. The molecule has 1 aromatic heterocycles. The number of anilines is 1. The predicted molar refractivity (Wildman–Crippen MR) is 108 cm³/mol. The van der Waals surface area contributed by atoms with Gasteiger partial charge in [0.2, 0.25) is 5.91 Å². The average molecular weight is 384 g/mol. The molecule has 2 aliphatic rings. The summed E-state index contributed by atoms with van der Waals surface area (Å²) < 4.78 is 10.9. The summed E-state index contributed by atoms with van der Waals surface area (Å²) in [4.78, 5) is 26.3. The molecule has 1 amide bonds. The van der Waals surface area contributed by atoms with Gasteiger partial charge in [-0.15, -0.1) is 0 Å². The second-order valence-electron chi connectivity index (χ2n) is 7.59. The molecule has 1 unspecified atom stereocenters. The van der Waals surface area contributed by atoms with Crippen molar-refractivity contribution in [2.45, 2.75) is 32.1 Å². The Morgan fingerprint density at radius 3 is 2.50 bits per heavy atom. The quantitative estimate of drug-likeness (QED) is 0.807. The highest BCUT2D eigenvalue weighted by atomic mass is 16.5. The number of likely N-dealkylation sites (tertiary alicyclic amines) is 1. The molecule has 2 saturated heterocycles. The molecule has 0 bridgehead atoms. The fraction of sp³-hybridized carbons (Fsp3) is 0.571. The van der Waals surface area contributed by atoms with Crippen LogP contribution < -0.4 is 14.4 Å². The van der Waals surface area contributed by atoms with Crippen molar-refractivity contribution in [3.63, 3.8) is 0 Å². The maximum Gasteiger partial charge on any atom is 0.227 e. The fourth-order valence-corrected chi connectivity index (χ4v) is 4.37. The Labute approximate surface area is 165 Å². The lowest BCUT2D eigenvalue weighted by Gasteiger charge is -2.37. The second-order valence-corrected chi connectivity index (χ2v) is 7.59. The minimum Gasteiger partial charge on any atom is -0.493 e. The molecule has 1 atom stereocenters. The number of rotatable bonds is 4. The van der Waals surface area contributed by atoms with Crippen LogP contribution in [0, 0.1) is 5.92 Å².